The maximum Gasteiger partial charge on any atom is 0.242 e. The van der Waals surface area contributed by atoms with Crippen LogP contribution in [0.1, 0.15) is 31.2 Å². The fraction of sp³-hybridized carbons (Fsp3) is 0.474. The number of primary sulfonamides is 1. The number of hydrogen-bond acceptors (Lipinski definition) is 10. The first-order valence-electron chi connectivity index (χ1n) is 11.0. The summed E-state index contributed by atoms with van der Waals surface area (Å²) in [4.78, 5) is 10.7. The van der Waals surface area contributed by atoms with E-state index in [1.807, 2.05) is 0 Å². The first kappa shape index (κ1) is 25.3. The molecule has 1 saturated heterocycles. The number of nitrogens with one attached hydrogen (secondary N) is 4. The van der Waals surface area contributed by atoms with Crippen LogP contribution in [0.4, 0.5) is 0 Å². The van der Waals surface area contributed by atoms with E-state index in [4.69, 9.17) is 10.9 Å². The van der Waals surface area contributed by atoms with Crippen LogP contribution in [0.25, 0.3) is 17.0 Å². The van der Waals surface area contributed by atoms with Crippen molar-refractivity contribution in [3.8, 4) is 11.4 Å². The average Bonchev–Trinajstić information content (AvgIpc) is 3.52. The monoisotopic (exact) mass is 525 g/mol. The van der Waals surface area contributed by atoms with Gasteiger partial charge in [-0.25, -0.2) is 26.7 Å². The van der Waals surface area contributed by atoms with E-state index in [0.29, 0.717) is 49.9 Å². The number of amides is 1. The molecular weight excluding hydrogens is 498 g/mol. The fourth-order valence-electron chi connectivity index (χ4n) is 4.38. The summed E-state index contributed by atoms with van der Waals surface area (Å²) in [7, 11) is -8.85. The standard InChI is InChI=1S/C19H27N9O5S2/c20-9-16(29)23-12-3-1-2-11(8-12)14-4-5-15(35(32,33)26-13-6-7-22-10-13)18(34(21,30)31)17(14)19-24-27-28-25-19/h4-5,8,12-13,22,26H,1-3,6-7,9-10,20H2,(H,23,29)(H2,21,30,31)(H,24,25,27,28)/t12-,13-/m1/s1. The summed E-state index contributed by atoms with van der Waals surface area (Å²) in [5.41, 5.74) is 6.38. The summed E-state index contributed by atoms with van der Waals surface area (Å²) in [6, 6.07) is 1.99. The number of rotatable bonds is 8. The van der Waals surface area contributed by atoms with Gasteiger partial charge in [-0.2, -0.15) is 5.21 Å². The third-order valence-corrected chi connectivity index (χ3v) is 8.57. The molecule has 35 heavy (non-hydrogen) atoms. The number of carbonyl (C=O) groups is 1. The molecule has 2 aliphatic rings. The molecule has 190 valence electrons. The first-order chi connectivity index (χ1) is 16.6. The molecular formula is C19H27N9O5S2. The smallest absolute Gasteiger partial charge is 0.242 e. The Kier molecular flexibility index (Phi) is 7.30. The Hall–Kier alpha value is -2.76. The van der Waals surface area contributed by atoms with E-state index in [1.54, 1.807) is 6.08 Å². The lowest BCUT2D eigenvalue weighted by molar-refractivity contribution is -0.120. The maximum absolute atomic E-state index is 13.3. The van der Waals surface area contributed by atoms with Crippen LogP contribution in [0.3, 0.4) is 0 Å². The van der Waals surface area contributed by atoms with Crippen LogP contribution in [0.2, 0.25) is 0 Å². The van der Waals surface area contributed by atoms with Gasteiger partial charge in [0.2, 0.25) is 31.8 Å². The zero-order valence-corrected chi connectivity index (χ0v) is 20.3. The lowest BCUT2D eigenvalue weighted by atomic mass is 9.88. The molecule has 0 radical (unpaired) electrons. The molecule has 1 aliphatic heterocycles. The van der Waals surface area contributed by atoms with Gasteiger partial charge in [0.05, 0.1) is 12.1 Å². The highest BCUT2D eigenvalue weighted by Crippen LogP contribution is 2.39. The SMILES string of the molecule is NCC(=O)N[C@H]1C=C(c2ccc(S(=O)(=O)N[C@@H]3CCNC3)c(S(N)(=O)=O)c2-c2nn[nH]n2)CCC1. The number of aromatic nitrogens is 4. The van der Waals surface area contributed by atoms with Crippen molar-refractivity contribution >= 4 is 31.5 Å². The van der Waals surface area contributed by atoms with E-state index in [9.17, 15) is 21.6 Å². The van der Waals surface area contributed by atoms with Crippen LogP contribution >= 0.6 is 0 Å². The fourth-order valence-corrected chi connectivity index (χ4v) is 7.25. The molecule has 2 heterocycles. The van der Waals surface area contributed by atoms with E-state index in [-0.39, 0.29) is 29.9 Å². The van der Waals surface area contributed by atoms with Crippen molar-refractivity contribution in [2.24, 2.45) is 10.9 Å². The van der Waals surface area contributed by atoms with Crippen molar-refractivity contribution in [3.05, 3.63) is 23.8 Å². The van der Waals surface area contributed by atoms with Gasteiger partial charge in [0.15, 0.2) is 0 Å². The Morgan fingerprint density at radius 1 is 1.20 bits per heavy atom. The first-order valence-corrected chi connectivity index (χ1v) is 14.0. The Labute approximate surface area is 202 Å². The van der Waals surface area contributed by atoms with E-state index in [0.717, 1.165) is 0 Å². The molecule has 1 fully saturated rings. The molecule has 2 atom stereocenters. The molecule has 8 N–H and O–H groups in total. The number of aromatic amines is 1. The number of hydrogen-bond donors (Lipinski definition) is 6. The third kappa shape index (κ3) is 5.57. The lowest BCUT2D eigenvalue weighted by Gasteiger charge is -2.24. The number of benzene rings is 1. The van der Waals surface area contributed by atoms with Crippen molar-refractivity contribution < 1.29 is 21.6 Å². The van der Waals surface area contributed by atoms with Crippen LogP contribution in [0.5, 0.6) is 0 Å². The quantitative estimate of drug-likeness (QED) is 0.226. The molecule has 14 nitrogen and oxygen atoms in total. The summed E-state index contributed by atoms with van der Waals surface area (Å²) in [6.45, 7) is 0.889. The molecule has 0 bridgehead atoms. The topological polar surface area (TPSA) is 228 Å². The number of sulfonamides is 2. The van der Waals surface area contributed by atoms with Gasteiger partial charge in [0, 0.05) is 18.6 Å². The maximum atomic E-state index is 13.3. The second-order valence-electron chi connectivity index (χ2n) is 8.37. The highest BCUT2D eigenvalue weighted by atomic mass is 32.2. The van der Waals surface area contributed by atoms with Crippen LogP contribution in [0, 0.1) is 0 Å². The lowest BCUT2D eigenvalue weighted by Crippen LogP contribution is -2.38. The molecule has 0 unspecified atom stereocenters. The van der Waals surface area contributed by atoms with Gasteiger partial charge in [-0.1, -0.05) is 12.1 Å². The normalized spacial score (nSPS) is 21.0. The van der Waals surface area contributed by atoms with E-state index < -0.39 is 35.9 Å². The summed E-state index contributed by atoms with van der Waals surface area (Å²) in [6.07, 6.45) is 4.25. The predicted molar refractivity (Wildman–Crippen MR) is 125 cm³/mol. The van der Waals surface area contributed by atoms with Gasteiger partial charge >= 0.3 is 0 Å². The molecule has 1 aromatic carbocycles. The minimum atomic E-state index is -4.57. The largest absolute Gasteiger partial charge is 0.349 e. The van der Waals surface area contributed by atoms with Gasteiger partial charge in [0.1, 0.15) is 9.79 Å². The van der Waals surface area contributed by atoms with E-state index in [2.05, 4.69) is 36.0 Å². The third-order valence-electron chi connectivity index (χ3n) is 5.89. The van der Waals surface area contributed by atoms with Gasteiger partial charge in [0.25, 0.3) is 0 Å². The van der Waals surface area contributed by atoms with Gasteiger partial charge in [-0.05, 0) is 54.6 Å². The molecule has 1 aromatic heterocycles. The highest BCUT2D eigenvalue weighted by Gasteiger charge is 2.34. The van der Waals surface area contributed by atoms with Crippen LogP contribution in [-0.4, -0.2) is 75.1 Å². The van der Waals surface area contributed by atoms with Crippen molar-refractivity contribution in [1.82, 2.24) is 36.0 Å². The van der Waals surface area contributed by atoms with Crippen molar-refractivity contribution in [2.45, 2.75) is 47.6 Å². The Morgan fingerprint density at radius 2 is 2.00 bits per heavy atom. The zero-order valence-electron chi connectivity index (χ0n) is 18.7. The zero-order chi connectivity index (χ0) is 25.2. The minimum Gasteiger partial charge on any atom is -0.349 e. The Morgan fingerprint density at radius 3 is 2.63 bits per heavy atom. The average molecular weight is 526 g/mol. The van der Waals surface area contributed by atoms with E-state index in [1.165, 1.54) is 12.1 Å². The summed E-state index contributed by atoms with van der Waals surface area (Å²) in [5.74, 6) is -0.456. The van der Waals surface area contributed by atoms with Crippen LogP contribution in [0.15, 0.2) is 28.0 Å². The number of tetrazole rings is 1. The number of allylic oxidation sites excluding steroid dienone is 1. The minimum absolute atomic E-state index is 0.0780. The van der Waals surface area contributed by atoms with Gasteiger partial charge in [-0.15, -0.1) is 10.2 Å². The number of nitrogens with two attached hydrogens (primary N) is 2. The summed E-state index contributed by atoms with van der Waals surface area (Å²) < 4.78 is 54.8. The molecule has 16 heteroatoms. The van der Waals surface area contributed by atoms with E-state index >= 15 is 0 Å². The second-order valence-corrected chi connectivity index (χ2v) is 11.5. The Bertz CT molecular complexity index is 1330. The Balaban J connectivity index is 1.90. The molecule has 2 aromatic rings. The number of carbonyl (C=O) groups excluding carboxylic acids is 1. The second kappa shape index (κ2) is 10.1. The molecule has 0 saturated carbocycles. The molecule has 4 rings (SSSR count). The molecule has 1 aliphatic carbocycles. The van der Waals surface area contributed by atoms with Gasteiger partial charge in [-0.3, -0.25) is 4.79 Å². The van der Waals surface area contributed by atoms with Crippen LogP contribution < -0.4 is 26.2 Å². The number of H-pyrrole nitrogens is 1. The summed E-state index contributed by atoms with van der Waals surface area (Å²) in [5, 5.41) is 25.0. The van der Waals surface area contributed by atoms with Crippen molar-refractivity contribution in [2.75, 3.05) is 19.6 Å². The number of nitrogens with zero attached hydrogens (tertiary/aromatic N) is 3. The molecule has 0 spiro atoms. The van der Waals surface area contributed by atoms with Gasteiger partial charge < -0.3 is 16.4 Å². The van der Waals surface area contributed by atoms with Crippen molar-refractivity contribution in [3.63, 3.8) is 0 Å². The van der Waals surface area contributed by atoms with Crippen LogP contribution in [-0.2, 0) is 24.8 Å². The molecule has 1 amide bonds. The highest BCUT2D eigenvalue weighted by molar-refractivity contribution is 7.92. The van der Waals surface area contributed by atoms with Crippen molar-refractivity contribution in [1.29, 1.82) is 0 Å². The predicted octanol–water partition coefficient (Wildman–Crippen LogP) is -1.83. The summed E-state index contributed by atoms with van der Waals surface area (Å²) >= 11 is 0.